The standard InChI is InChI=1S/C22H27N3O2S/c1-13(2)16-7-8-18(19(11-16)14(3)4)20(26)12-28-22-24-23-21(25(22)6)17-9-10-27-15(17)5/h7-11,13-14H,12H2,1-6H3. The van der Waals surface area contributed by atoms with Gasteiger partial charge >= 0.3 is 0 Å². The largest absolute Gasteiger partial charge is 0.469 e. The third kappa shape index (κ3) is 4.07. The minimum atomic E-state index is 0.119. The van der Waals surface area contributed by atoms with Gasteiger partial charge in [-0.1, -0.05) is 57.7 Å². The van der Waals surface area contributed by atoms with Crippen molar-refractivity contribution in [3.63, 3.8) is 0 Å². The molecule has 0 atom stereocenters. The summed E-state index contributed by atoms with van der Waals surface area (Å²) >= 11 is 1.41. The van der Waals surface area contributed by atoms with E-state index in [9.17, 15) is 4.79 Å². The average Bonchev–Trinajstić information content (AvgIpc) is 3.24. The second-order valence-corrected chi connectivity index (χ2v) is 8.57. The molecule has 3 aromatic rings. The van der Waals surface area contributed by atoms with Crippen LogP contribution in [0.15, 0.2) is 40.1 Å². The fourth-order valence-corrected chi connectivity index (χ4v) is 3.97. The Labute approximate surface area is 170 Å². The van der Waals surface area contributed by atoms with E-state index in [0.717, 1.165) is 28.3 Å². The summed E-state index contributed by atoms with van der Waals surface area (Å²) in [6, 6.07) is 8.10. The van der Waals surface area contributed by atoms with Gasteiger partial charge in [-0.25, -0.2) is 0 Å². The normalized spacial score (nSPS) is 11.6. The van der Waals surface area contributed by atoms with Gasteiger partial charge in [0, 0.05) is 12.6 Å². The number of carbonyl (C=O) groups is 1. The summed E-state index contributed by atoms with van der Waals surface area (Å²) in [5.74, 6) is 2.73. The van der Waals surface area contributed by atoms with Crippen LogP contribution in [0.1, 0.15) is 66.8 Å². The van der Waals surface area contributed by atoms with Crippen LogP contribution in [0, 0.1) is 6.92 Å². The van der Waals surface area contributed by atoms with Gasteiger partial charge in [-0.15, -0.1) is 10.2 Å². The molecule has 28 heavy (non-hydrogen) atoms. The Hall–Kier alpha value is -2.34. The number of carbonyl (C=O) groups excluding carboxylic acids is 1. The Kier molecular flexibility index (Phi) is 6.08. The highest BCUT2D eigenvalue weighted by Crippen LogP contribution is 2.28. The van der Waals surface area contributed by atoms with Crippen molar-refractivity contribution in [2.75, 3.05) is 5.75 Å². The molecule has 0 aliphatic rings. The maximum atomic E-state index is 12.9. The van der Waals surface area contributed by atoms with Crippen molar-refractivity contribution in [2.24, 2.45) is 7.05 Å². The highest BCUT2D eigenvalue weighted by Gasteiger charge is 2.19. The Morgan fingerprint density at radius 2 is 1.89 bits per heavy atom. The summed E-state index contributed by atoms with van der Waals surface area (Å²) in [4.78, 5) is 12.9. The molecule has 0 saturated heterocycles. The maximum Gasteiger partial charge on any atom is 0.191 e. The van der Waals surface area contributed by atoms with Gasteiger partial charge in [0.05, 0.1) is 17.6 Å². The lowest BCUT2D eigenvalue weighted by molar-refractivity contribution is 0.102. The fraction of sp³-hybridized carbons (Fsp3) is 0.409. The molecule has 148 valence electrons. The van der Waals surface area contributed by atoms with E-state index in [0.29, 0.717) is 22.7 Å². The zero-order chi connectivity index (χ0) is 20.4. The minimum Gasteiger partial charge on any atom is -0.469 e. The molecule has 0 aliphatic heterocycles. The summed E-state index contributed by atoms with van der Waals surface area (Å²) in [5.41, 5.74) is 4.10. The van der Waals surface area contributed by atoms with Crippen LogP contribution < -0.4 is 0 Å². The molecule has 6 heteroatoms. The molecule has 0 radical (unpaired) electrons. The average molecular weight is 398 g/mol. The van der Waals surface area contributed by atoms with Crippen LogP contribution in [0.3, 0.4) is 0 Å². The van der Waals surface area contributed by atoms with Gasteiger partial charge in [0.15, 0.2) is 16.8 Å². The summed E-state index contributed by atoms with van der Waals surface area (Å²) in [7, 11) is 1.91. The molecule has 2 heterocycles. The van der Waals surface area contributed by atoms with E-state index in [1.54, 1.807) is 6.26 Å². The second kappa shape index (κ2) is 8.35. The fourth-order valence-electron chi connectivity index (χ4n) is 3.17. The number of hydrogen-bond acceptors (Lipinski definition) is 5. The molecule has 0 spiro atoms. The molecular formula is C22H27N3O2S. The third-order valence-electron chi connectivity index (χ3n) is 4.93. The molecule has 0 saturated carbocycles. The molecule has 0 amide bonds. The quantitative estimate of drug-likeness (QED) is 0.383. The molecular weight excluding hydrogens is 370 g/mol. The van der Waals surface area contributed by atoms with Gasteiger partial charge < -0.3 is 8.98 Å². The van der Waals surface area contributed by atoms with Crippen LogP contribution in [-0.4, -0.2) is 26.3 Å². The number of thioether (sulfide) groups is 1. The van der Waals surface area contributed by atoms with Crippen LogP contribution in [-0.2, 0) is 7.05 Å². The summed E-state index contributed by atoms with van der Waals surface area (Å²) in [6.45, 7) is 10.5. The van der Waals surface area contributed by atoms with Gasteiger partial charge in [-0.2, -0.15) is 0 Å². The van der Waals surface area contributed by atoms with Crippen molar-refractivity contribution < 1.29 is 9.21 Å². The van der Waals surface area contributed by atoms with Gasteiger partial charge in [0.1, 0.15) is 5.76 Å². The summed E-state index contributed by atoms with van der Waals surface area (Å²) in [6.07, 6.45) is 1.64. The Balaban J connectivity index is 1.78. The number of ketones is 1. The minimum absolute atomic E-state index is 0.119. The molecule has 0 unspecified atom stereocenters. The number of rotatable bonds is 7. The number of hydrogen-bond donors (Lipinski definition) is 0. The summed E-state index contributed by atoms with van der Waals surface area (Å²) < 4.78 is 7.26. The zero-order valence-corrected chi connectivity index (χ0v) is 18.1. The van der Waals surface area contributed by atoms with E-state index >= 15 is 0 Å². The van der Waals surface area contributed by atoms with E-state index in [1.807, 2.05) is 30.7 Å². The number of aryl methyl sites for hydroxylation is 1. The predicted molar refractivity (Wildman–Crippen MR) is 113 cm³/mol. The molecule has 1 aromatic carbocycles. The van der Waals surface area contributed by atoms with Crippen LogP contribution >= 0.6 is 11.8 Å². The second-order valence-electron chi connectivity index (χ2n) is 7.62. The van der Waals surface area contributed by atoms with Gasteiger partial charge in [-0.05, 0) is 36.0 Å². The van der Waals surface area contributed by atoms with Gasteiger partial charge in [0.25, 0.3) is 0 Å². The molecule has 0 aliphatic carbocycles. The molecule has 2 aromatic heterocycles. The van der Waals surface area contributed by atoms with E-state index < -0.39 is 0 Å². The lowest BCUT2D eigenvalue weighted by Crippen LogP contribution is -2.09. The van der Waals surface area contributed by atoms with Crippen LogP contribution in [0.2, 0.25) is 0 Å². The van der Waals surface area contributed by atoms with Gasteiger partial charge in [-0.3, -0.25) is 4.79 Å². The van der Waals surface area contributed by atoms with Crippen molar-refractivity contribution in [3.8, 4) is 11.4 Å². The Morgan fingerprint density at radius 3 is 2.50 bits per heavy atom. The number of benzene rings is 1. The van der Waals surface area contributed by atoms with E-state index in [4.69, 9.17) is 4.42 Å². The van der Waals surface area contributed by atoms with Crippen molar-refractivity contribution in [2.45, 2.75) is 51.6 Å². The van der Waals surface area contributed by atoms with Crippen molar-refractivity contribution in [1.29, 1.82) is 0 Å². The van der Waals surface area contributed by atoms with Crippen LogP contribution in [0.5, 0.6) is 0 Å². The van der Waals surface area contributed by atoms with Crippen molar-refractivity contribution in [1.82, 2.24) is 14.8 Å². The first-order valence-corrected chi connectivity index (χ1v) is 10.5. The maximum absolute atomic E-state index is 12.9. The Morgan fingerprint density at radius 1 is 1.14 bits per heavy atom. The lowest BCUT2D eigenvalue weighted by atomic mass is 9.90. The van der Waals surface area contributed by atoms with E-state index in [1.165, 1.54) is 17.3 Å². The Bertz CT molecular complexity index is 986. The molecule has 0 N–H and O–H groups in total. The van der Waals surface area contributed by atoms with Crippen LogP contribution in [0.4, 0.5) is 0 Å². The summed E-state index contributed by atoms with van der Waals surface area (Å²) in [5, 5.41) is 9.24. The molecule has 0 fully saturated rings. The predicted octanol–water partition coefficient (Wildman–Crippen LogP) is 5.61. The highest BCUT2D eigenvalue weighted by atomic mass is 32.2. The molecule has 3 rings (SSSR count). The van der Waals surface area contributed by atoms with Crippen molar-refractivity contribution in [3.05, 3.63) is 53.0 Å². The number of Topliss-reactive ketones (excluding diaryl/α,β-unsaturated/α-hetero) is 1. The lowest BCUT2D eigenvalue weighted by Gasteiger charge is -2.15. The molecule has 0 bridgehead atoms. The monoisotopic (exact) mass is 397 g/mol. The van der Waals surface area contributed by atoms with Crippen LogP contribution in [0.25, 0.3) is 11.4 Å². The number of nitrogens with zero attached hydrogens (tertiary/aromatic N) is 3. The first-order valence-electron chi connectivity index (χ1n) is 9.53. The van der Waals surface area contributed by atoms with E-state index in [2.05, 4.69) is 50.0 Å². The first-order chi connectivity index (χ1) is 13.3. The van der Waals surface area contributed by atoms with Crippen molar-refractivity contribution >= 4 is 17.5 Å². The molecule has 5 nitrogen and oxygen atoms in total. The zero-order valence-electron chi connectivity index (χ0n) is 17.3. The number of aromatic nitrogens is 3. The SMILES string of the molecule is Cc1occc1-c1nnc(SCC(=O)c2ccc(C(C)C)cc2C(C)C)n1C. The highest BCUT2D eigenvalue weighted by molar-refractivity contribution is 7.99. The topological polar surface area (TPSA) is 60.9 Å². The van der Waals surface area contributed by atoms with Gasteiger partial charge in [0.2, 0.25) is 0 Å². The smallest absolute Gasteiger partial charge is 0.191 e. The third-order valence-corrected chi connectivity index (χ3v) is 5.95. The van der Waals surface area contributed by atoms with E-state index in [-0.39, 0.29) is 5.78 Å². The first kappa shape index (κ1) is 20.4. The number of furan rings is 1.